The minimum atomic E-state index is 0.552. The summed E-state index contributed by atoms with van der Waals surface area (Å²) in [4.78, 5) is 4.22. The van der Waals surface area contributed by atoms with Crippen LogP contribution in [0.1, 0.15) is 12.1 Å². The van der Waals surface area contributed by atoms with Crippen LogP contribution in [0.5, 0.6) is 5.75 Å². The van der Waals surface area contributed by atoms with Gasteiger partial charge in [0.25, 0.3) is 0 Å². The molecule has 0 aliphatic heterocycles. The molecule has 1 rings (SSSR count). The number of hydrogen-bond acceptors (Lipinski definition) is 5. The SMILES string of the molecule is CNCc1cc(OCCOCCCOC)ccn1. The number of methoxy groups -OCH3 is 1. The van der Waals surface area contributed by atoms with Gasteiger partial charge in [-0.3, -0.25) is 4.98 Å². The van der Waals surface area contributed by atoms with Gasteiger partial charge >= 0.3 is 0 Å². The second kappa shape index (κ2) is 9.82. The third-order valence-corrected chi connectivity index (χ3v) is 2.28. The quantitative estimate of drug-likeness (QED) is 0.637. The highest BCUT2D eigenvalue weighted by Gasteiger charge is 1.97. The first-order chi connectivity index (χ1) is 8.86. The fourth-order valence-corrected chi connectivity index (χ4v) is 1.45. The highest BCUT2D eigenvalue weighted by molar-refractivity contribution is 5.22. The number of rotatable bonds is 10. The molecule has 1 aromatic heterocycles. The van der Waals surface area contributed by atoms with Crippen molar-refractivity contribution in [2.24, 2.45) is 0 Å². The van der Waals surface area contributed by atoms with E-state index in [1.165, 1.54) is 0 Å². The van der Waals surface area contributed by atoms with Crippen molar-refractivity contribution in [3.8, 4) is 5.75 Å². The van der Waals surface area contributed by atoms with Crippen molar-refractivity contribution >= 4 is 0 Å². The lowest BCUT2D eigenvalue weighted by molar-refractivity contribution is 0.0806. The van der Waals surface area contributed by atoms with Crippen LogP contribution in [0.2, 0.25) is 0 Å². The van der Waals surface area contributed by atoms with E-state index in [-0.39, 0.29) is 0 Å². The Morgan fingerprint density at radius 1 is 1.22 bits per heavy atom. The first kappa shape index (κ1) is 14.9. The molecule has 18 heavy (non-hydrogen) atoms. The Hall–Kier alpha value is -1.17. The third-order valence-electron chi connectivity index (χ3n) is 2.28. The lowest BCUT2D eigenvalue weighted by Gasteiger charge is -2.08. The van der Waals surface area contributed by atoms with Gasteiger partial charge in [-0.15, -0.1) is 0 Å². The first-order valence-electron chi connectivity index (χ1n) is 6.16. The van der Waals surface area contributed by atoms with E-state index in [2.05, 4.69) is 10.3 Å². The predicted molar refractivity (Wildman–Crippen MR) is 69.8 cm³/mol. The first-order valence-corrected chi connectivity index (χ1v) is 6.16. The summed E-state index contributed by atoms with van der Waals surface area (Å²) in [6.45, 7) is 3.32. The van der Waals surface area contributed by atoms with Crippen LogP contribution in [0.25, 0.3) is 0 Å². The Labute approximate surface area is 108 Å². The van der Waals surface area contributed by atoms with E-state index < -0.39 is 0 Å². The van der Waals surface area contributed by atoms with Gasteiger partial charge in [-0.2, -0.15) is 0 Å². The topological polar surface area (TPSA) is 52.6 Å². The third kappa shape index (κ3) is 6.54. The predicted octanol–water partition coefficient (Wildman–Crippen LogP) is 1.23. The van der Waals surface area contributed by atoms with Crippen LogP contribution in [-0.4, -0.2) is 45.6 Å². The standard InChI is InChI=1S/C13H22N2O3/c1-14-11-12-10-13(4-5-15-12)18-9-8-17-7-3-6-16-2/h4-5,10,14H,3,6-9,11H2,1-2H3. The fraction of sp³-hybridized carbons (Fsp3) is 0.615. The van der Waals surface area contributed by atoms with Crippen molar-refractivity contribution in [1.82, 2.24) is 10.3 Å². The number of nitrogens with zero attached hydrogens (tertiary/aromatic N) is 1. The molecule has 0 unspecified atom stereocenters. The molecule has 0 aliphatic carbocycles. The summed E-state index contributed by atoms with van der Waals surface area (Å²) in [7, 11) is 3.58. The second-order valence-corrected chi connectivity index (χ2v) is 3.82. The Balaban J connectivity index is 2.13. The van der Waals surface area contributed by atoms with Gasteiger partial charge in [0.05, 0.1) is 12.3 Å². The maximum atomic E-state index is 5.58. The van der Waals surface area contributed by atoms with Crippen LogP contribution in [0.3, 0.4) is 0 Å². The van der Waals surface area contributed by atoms with Gasteiger partial charge < -0.3 is 19.5 Å². The normalized spacial score (nSPS) is 10.6. The molecule has 0 atom stereocenters. The van der Waals surface area contributed by atoms with Crippen LogP contribution in [0, 0.1) is 0 Å². The van der Waals surface area contributed by atoms with Crippen LogP contribution in [0.15, 0.2) is 18.3 Å². The van der Waals surface area contributed by atoms with Crippen molar-refractivity contribution in [2.75, 3.05) is 40.6 Å². The monoisotopic (exact) mass is 254 g/mol. The fourth-order valence-electron chi connectivity index (χ4n) is 1.45. The van der Waals surface area contributed by atoms with E-state index in [4.69, 9.17) is 14.2 Å². The van der Waals surface area contributed by atoms with Crippen LogP contribution in [0.4, 0.5) is 0 Å². The number of hydrogen-bond donors (Lipinski definition) is 1. The van der Waals surface area contributed by atoms with Gasteiger partial charge in [0.1, 0.15) is 12.4 Å². The molecule has 0 fully saturated rings. The van der Waals surface area contributed by atoms with Gasteiger partial charge in [-0.05, 0) is 19.5 Å². The molecule has 0 spiro atoms. The number of pyridine rings is 1. The van der Waals surface area contributed by atoms with E-state index in [9.17, 15) is 0 Å². The number of aromatic nitrogens is 1. The van der Waals surface area contributed by atoms with E-state index in [1.54, 1.807) is 13.3 Å². The van der Waals surface area contributed by atoms with E-state index >= 15 is 0 Å². The lowest BCUT2D eigenvalue weighted by Crippen LogP contribution is -2.10. The van der Waals surface area contributed by atoms with Gasteiger partial charge in [0.2, 0.25) is 0 Å². The Kier molecular flexibility index (Phi) is 8.12. The molecule has 5 heteroatoms. The van der Waals surface area contributed by atoms with Crippen LogP contribution < -0.4 is 10.1 Å². The number of nitrogens with one attached hydrogen (secondary N) is 1. The minimum Gasteiger partial charge on any atom is -0.491 e. The van der Waals surface area contributed by atoms with Gasteiger partial charge in [0.15, 0.2) is 0 Å². The molecule has 102 valence electrons. The molecule has 0 aromatic carbocycles. The molecule has 1 heterocycles. The second-order valence-electron chi connectivity index (χ2n) is 3.82. The van der Waals surface area contributed by atoms with Crippen molar-refractivity contribution in [2.45, 2.75) is 13.0 Å². The largest absolute Gasteiger partial charge is 0.491 e. The average Bonchev–Trinajstić information content (AvgIpc) is 2.39. The summed E-state index contributed by atoms with van der Waals surface area (Å²) < 4.78 is 15.9. The summed E-state index contributed by atoms with van der Waals surface area (Å²) in [6.07, 6.45) is 2.67. The van der Waals surface area contributed by atoms with Crippen molar-refractivity contribution in [3.63, 3.8) is 0 Å². The molecule has 0 bridgehead atoms. The molecular formula is C13H22N2O3. The molecule has 0 amide bonds. The van der Waals surface area contributed by atoms with Crippen molar-refractivity contribution in [3.05, 3.63) is 24.0 Å². The molecule has 0 saturated carbocycles. The smallest absolute Gasteiger partial charge is 0.122 e. The van der Waals surface area contributed by atoms with Crippen LogP contribution in [-0.2, 0) is 16.0 Å². The Morgan fingerprint density at radius 3 is 2.89 bits per heavy atom. The van der Waals surface area contributed by atoms with Crippen molar-refractivity contribution in [1.29, 1.82) is 0 Å². The van der Waals surface area contributed by atoms with E-state index in [0.29, 0.717) is 19.8 Å². The summed E-state index contributed by atoms with van der Waals surface area (Å²) >= 11 is 0. The summed E-state index contributed by atoms with van der Waals surface area (Å²) in [5.41, 5.74) is 0.969. The maximum absolute atomic E-state index is 5.58. The Bertz CT molecular complexity index is 321. The molecule has 0 radical (unpaired) electrons. The molecule has 0 aliphatic rings. The van der Waals surface area contributed by atoms with Crippen molar-refractivity contribution < 1.29 is 14.2 Å². The summed E-state index contributed by atoms with van der Waals surface area (Å²) in [5, 5.41) is 3.05. The highest BCUT2D eigenvalue weighted by atomic mass is 16.5. The summed E-state index contributed by atoms with van der Waals surface area (Å²) in [5.74, 6) is 0.829. The van der Waals surface area contributed by atoms with Gasteiger partial charge in [-0.1, -0.05) is 0 Å². The van der Waals surface area contributed by atoms with E-state index in [0.717, 1.165) is 31.0 Å². The molecule has 1 N–H and O–H groups in total. The number of ether oxygens (including phenoxy) is 3. The minimum absolute atomic E-state index is 0.552. The molecule has 5 nitrogen and oxygen atoms in total. The zero-order valence-corrected chi connectivity index (χ0v) is 11.1. The molecule has 1 aromatic rings. The molecular weight excluding hydrogens is 232 g/mol. The highest BCUT2D eigenvalue weighted by Crippen LogP contribution is 2.10. The Morgan fingerprint density at radius 2 is 2.11 bits per heavy atom. The maximum Gasteiger partial charge on any atom is 0.122 e. The van der Waals surface area contributed by atoms with Crippen LogP contribution >= 0.6 is 0 Å². The molecule has 0 saturated heterocycles. The summed E-state index contributed by atoms with van der Waals surface area (Å²) in [6, 6.07) is 3.78. The average molecular weight is 254 g/mol. The van der Waals surface area contributed by atoms with Gasteiger partial charge in [0, 0.05) is 39.1 Å². The van der Waals surface area contributed by atoms with E-state index in [1.807, 2.05) is 19.2 Å². The lowest BCUT2D eigenvalue weighted by atomic mass is 10.3. The zero-order chi connectivity index (χ0) is 13.1. The van der Waals surface area contributed by atoms with Gasteiger partial charge in [-0.25, -0.2) is 0 Å². The zero-order valence-electron chi connectivity index (χ0n) is 11.1.